The topological polar surface area (TPSA) is 29.9 Å². The van der Waals surface area contributed by atoms with E-state index in [1.165, 1.54) is 12.1 Å². The van der Waals surface area contributed by atoms with E-state index in [1.54, 1.807) is 6.20 Å². The summed E-state index contributed by atoms with van der Waals surface area (Å²) in [5.74, 6) is 0. The van der Waals surface area contributed by atoms with E-state index < -0.39 is 0 Å². The summed E-state index contributed by atoms with van der Waals surface area (Å²) in [4.78, 5) is 4.14. The summed E-state index contributed by atoms with van der Waals surface area (Å²) in [6.07, 6.45) is 7.01. The van der Waals surface area contributed by atoms with Crippen LogP contribution >= 0.6 is 0 Å². The molecule has 15 heavy (non-hydrogen) atoms. The highest BCUT2D eigenvalue weighted by molar-refractivity contribution is 5.33. The van der Waals surface area contributed by atoms with Crippen molar-refractivity contribution in [3.05, 3.63) is 48.5 Å². The normalized spacial score (nSPS) is 19.9. The van der Waals surface area contributed by atoms with Gasteiger partial charge in [-0.25, -0.2) is 0 Å². The molecular formula is C12H13N3. The molecule has 1 N–H and O–H groups in total. The minimum absolute atomic E-state index is 0.514. The van der Waals surface area contributed by atoms with Crippen LogP contribution in [0, 0.1) is 0 Å². The molecule has 2 aromatic heterocycles. The van der Waals surface area contributed by atoms with Crippen molar-refractivity contribution >= 4 is 0 Å². The average molecular weight is 199 g/mol. The highest BCUT2D eigenvalue weighted by Gasteiger charge is 2.21. The van der Waals surface area contributed by atoms with E-state index >= 15 is 0 Å². The van der Waals surface area contributed by atoms with E-state index in [2.05, 4.69) is 39.3 Å². The standard InChI is InChI=1S/C12H13N3/c1-3-10(9-13-6-1)15-8-2-4-12(15)11-5-7-14-11/h1-4,6,8-9,11,14H,5,7H2/t11-/m1/s1. The summed E-state index contributed by atoms with van der Waals surface area (Å²) in [5, 5.41) is 3.42. The first-order valence-corrected chi connectivity index (χ1v) is 5.26. The molecule has 2 aromatic rings. The Balaban J connectivity index is 2.01. The van der Waals surface area contributed by atoms with Crippen molar-refractivity contribution in [3.63, 3.8) is 0 Å². The maximum absolute atomic E-state index is 4.14. The van der Waals surface area contributed by atoms with Crippen molar-refractivity contribution in [1.82, 2.24) is 14.9 Å². The van der Waals surface area contributed by atoms with Gasteiger partial charge in [0.1, 0.15) is 0 Å². The van der Waals surface area contributed by atoms with Crippen LogP contribution in [0.2, 0.25) is 0 Å². The molecule has 1 aliphatic rings. The third kappa shape index (κ3) is 1.45. The van der Waals surface area contributed by atoms with Crippen LogP contribution in [0.15, 0.2) is 42.9 Å². The lowest BCUT2D eigenvalue weighted by Crippen LogP contribution is -2.36. The van der Waals surface area contributed by atoms with Crippen molar-refractivity contribution in [2.45, 2.75) is 12.5 Å². The number of hydrogen-bond donors (Lipinski definition) is 1. The average Bonchev–Trinajstić information content (AvgIpc) is 2.65. The van der Waals surface area contributed by atoms with Gasteiger partial charge in [-0.2, -0.15) is 0 Å². The van der Waals surface area contributed by atoms with Crippen LogP contribution in [0.4, 0.5) is 0 Å². The summed E-state index contributed by atoms with van der Waals surface area (Å²) in [7, 11) is 0. The molecule has 0 amide bonds. The van der Waals surface area contributed by atoms with Crippen LogP contribution in [-0.2, 0) is 0 Å². The minimum atomic E-state index is 0.514. The maximum Gasteiger partial charge on any atom is 0.0636 e. The first-order valence-electron chi connectivity index (χ1n) is 5.26. The highest BCUT2D eigenvalue weighted by atomic mass is 15.1. The van der Waals surface area contributed by atoms with Gasteiger partial charge in [-0.05, 0) is 37.2 Å². The van der Waals surface area contributed by atoms with Crippen molar-refractivity contribution in [1.29, 1.82) is 0 Å². The molecular weight excluding hydrogens is 186 g/mol. The van der Waals surface area contributed by atoms with Crippen LogP contribution < -0.4 is 5.32 Å². The van der Waals surface area contributed by atoms with Crippen LogP contribution in [0.1, 0.15) is 18.2 Å². The van der Waals surface area contributed by atoms with Gasteiger partial charge in [0.05, 0.1) is 11.9 Å². The molecule has 1 fully saturated rings. The number of rotatable bonds is 2. The second-order valence-electron chi connectivity index (χ2n) is 3.81. The fraction of sp³-hybridized carbons (Fsp3) is 0.250. The molecule has 1 aliphatic heterocycles. The predicted molar refractivity (Wildman–Crippen MR) is 58.9 cm³/mol. The van der Waals surface area contributed by atoms with E-state index in [1.807, 2.05) is 12.3 Å². The number of nitrogens with one attached hydrogen (secondary N) is 1. The zero-order valence-electron chi connectivity index (χ0n) is 8.43. The Kier molecular flexibility index (Phi) is 2.03. The van der Waals surface area contributed by atoms with E-state index in [4.69, 9.17) is 0 Å². The Morgan fingerprint density at radius 1 is 1.33 bits per heavy atom. The van der Waals surface area contributed by atoms with Gasteiger partial charge in [0.2, 0.25) is 0 Å². The minimum Gasteiger partial charge on any atom is -0.318 e. The molecule has 0 bridgehead atoms. The first-order chi connectivity index (χ1) is 7.45. The number of nitrogens with zero attached hydrogens (tertiary/aromatic N) is 2. The van der Waals surface area contributed by atoms with Gasteiger partial charge in [0.15, 0.2) is 0 Å². The van der Waals surface area contributed by atoms with Crippen LogP contribution in [0.3, 0.4) is 0 Å². The molecule has 3 heteroatoms. The number of hydrogen-bond acceptors (Lipinski definition) is 2. The fourth-order valence-electron chi connectivity index (χ4n) is 1.95. The third-order valence-corrected chi connectivity index (χ3v) is 2.89. The molecule has 1 atom stereocenters. The van der Waals surface area contributed by atoms with Crippen molar-refractivity contribution < 1.29 is 0 Å². The van der Waals surface area contributed by atoms with E-state index in [9.17, 15) is 0 Å². The van der Waals surface area contributed by atoms with Gasteiger partial charge in [-0.1, -0.05) is 0 Å². The fourth-order valence-corrected chi connectivity index (χ4v) is 1.95. The van der Waals surface area contributed by atoms with Crippen molar-refractivity contribution in [2.75, 3.05) is 6.54 Å². The van der Waals surface area contributed by atoms with Gasteiger partial charge in [-0.3, -0.25) is 4.98 Å². The Labute approximate surface area is 88.8 Å². The smallest absolute Gasteiger partial charge is 0.0636 e. The molecule has 3 heterocycles. The summed E-state index contributed by atoms with van der Waals surface area (Å²) in [6, 6.07) is 8.81. The maximum atomic E-state index is 4.14. The SMILES string of the molecule is c1cncc(-n2cccc2[C@H]2CCN2)c1. The Morgan fingerprint density at radius 3 is 2.93 bits per heavy atom. The van der Waals surface area contributed by atoms with Gasteiger partial charge >= 0.3 is 0 Å². The first kappa shape index (κ1) is 8.68. The lowest BCUT2D eigenvalue weighted by Gasteiger charge is -2.28. The van der Waals surface area contributed by atoms with E-state index in [0.717, 1.165) is 12.2 Å². The summed E-state index contributed by atoms with van der Waals surface area (Å²) < 4.78 is 2.20. The molecule has 3 nitrogen and oxygen atoms in total. The quantitative estimate of drug-likeness (QED) is 0.800. The van der Waals surface area contributed by atoms with Gasteiger partial charge < -0.3 is 9.88 Å². The van der Waals surface area contributed by atoms with Gasteiger partial charge in [0, 0.05) is 24.1 Å². The Hall–Kier alpha value is -1.61. The lowest BCUT2D eigenvalue weighted by molar-refractivity contribution is 0.371. The molecule has 0 aliphatic carbocycles. The Bertz CT molecular complexity index is 443. The number of pyridine rings is 1. The molecule has 0 spiro atoms. The molecule has 0 aromatic carbocycles. The van der Waals surface area contributed by atoms with Crippen molar-refractivity contribution in [2.24, 2.45) is 0 Å². The largest absolute Gasteiger partial charge is 0.318 e. The second kappa shape index (κ2) is 3.51. The predicted octanol–water partition coefficient (Wildman–Crippen LogP) is 1.91. The van der Waals surface area contributed by atoms with Gasteiger partial charge in [-0.15, -0.1) is 0 Å². The highest BCUT2D eigenvalue weighted by Crippen LogP contribution is 2.25. The zero-order valence-corrected chi connectivity index (χ0v) is 8.43. The van der Waals surface area contributed by atoms with Crippen molar-refractivity contribution in [3.8, 4) is 5.69 Å². The second-order valence-corrected chi connectivity index (χ2v) is 3.81. The van der Waals surface area contributed by atoms with Crippen LogP contribution in [0.25, 0.3) is 5.69 Å². The van der Waals surface area contributed by atoms with E-state index in [0.29, 0.717) is 6.04 Å². The van der Waals surface area contributed by atoms with Crippen LogP contribution in [-0.4, -0.2) is 16.1 Å². The molecule has 76 valence electrons. The van der Waals surface area contributed by atoms with E-state index in [-0.39, 0.29) is 0 Å². The molecule has 0 unspecified atom stereocenters. The molecule has 0 radical (unpaired) electrons. The molecule has 3 rings (SSSR count). The Morgan fingerprint density at radius 2 is 2.27 bits per heavy atom. The summed E-state index contributed by atoms with van der Waals surface area (Å²) >= 11 is 0. The molecule has 1 saturated heterocycles. The lowest BCUT2D eigenvalue weighted by atomic mass is 10.0. The third-order valence-electron chi connectivity index (χ3n) is 2.89. The van der Waals surface area contributed by atoms with Crippen LogP contribution in [0.5, 0.6) is 0 Å². The number of aromatic nitrogens is 2. The summed E-state index contributed by atoms with van der Waals surface area (Å²) in [5.41, 5.74) is 2.46. The zero-order chi connectivity index (χ0) is 10.1. The summed E-state index contributed by atoms with van der Waals surface area (Å²) in [6.45, 7) is 1.13. The molecule has 0 saturated carbocycles. The monoisotopic (exact) mass is 199 g/mol. The van der Waals surface area contributed by atoms with Gasteiger partial charge in [0.25, 0.3) is 0 Å².